The molecule has 0 aliphatic heterocycles. The Labute approximate surface area is 341 Å². The van der Waals surface area contributed by atoms with Gasteiger partial charge in [-0.05, 0) is 83.6 Å². The summed E-state index contributed by atoms with van der Waals surface area (Å²) in [6.07, 6.45) is 14.2. The Balaban J connectivity index is 1.68. The molecule has 0 spiro atoms. The highest BCUT2D eigenvalue weighted by Gasteiger charge is 2.57. The summed E-state index contributed by atoms with van der Waals surface area (Å²) in [5.74, 6) is 6.68. The second-order valence-corrected chi connectivity index (χ2v) is 13.2. The molecule has 0 fully saturated rings. The molecule has 0 heterocycles. The fourth-order valence-electron chi connectivity index (χ4n) is 6.59. The molecule has 2 unspecified atom stereocenters. The normalized spacial score (nSPS) is 12.4. The highest BCUT2D eigenvalue weighted by molar-refractivity contribution is 5.69. The number of nitriles is 2. The van der Waals surface area contributed by atoms with E-state index in [2.05, 4.69) is 24.0 Å². The van der Waals surface area contributed by atoms with Gasteiger partial charge < -0.3 is 28.4 Å². The lowest BCUT2D eigenvalue weighted by Gasteiger charge is -2.43. The van der Waals surface area contributed by atoms with Gasteiger partial charge in [-0.15, -0.1) is 24.7 Å². The van der Waals surface area contributed by atoms with Crippen LogP contribution in [0.4, 0.5) is 0 Å². The van der Waals surface area contributed by atoms with Crippen LogP contribution >= 0.6 is 0 Å². The van der Waals surface area contributed by atoms with Gasteiger partial charge >= 0.3 is 11.9 Å². The van der Waals surface area contributed by atoms with Crippen LogP contribution in [0.1, 0.15) is 73.6 Å². The molecule has 10 nitrogen and oxygen atoms in total. The minimum atomic E-state index is -1.64. The molecule has 4 aromatic rings. The third-order valence-corrected chi connectivity index (χ3v) is 9.56. The van der Waals surface area contributed by atoms with E-state index < -0.39 is 10.8 Å². The molecule has 0 bridgehead atoms. The molecule has 0 aliphatic carbocycles. The van der Waals surface area contributed by atoms with Gasteiger partial charge in [0.15, 0.2) is 0 Å². The average Bonchev–Trinajstić information content (AvgIpc) is 3.26. The zero-order valence-electron chi connectivity index (χ0n) is 33.0. The van der Waals surface area contributed by atoms with Crippen molar-refractivity contribution in [2.75, 3.05) is 40.6 Å². The van der Waals surface area contributed by atoms with Crippen LogP contribution in [0.25, 0.3) is 0 Å². The zero-order chi connectivity index (χ0) is 41.6. The molecular weight excluding hydrogens is 733 g/mol. The van der Waals surface area contributed by atoms with Crippen molar-refractivity contribution in [3.63, 3.8) is 0 Å². The fourth-order valence-corrected chi connectivity index (χ4v) is 6.59. The molecule has 298 valence electrons. The van der Waals surface area contributed by atoms with Crippen molar-refractivity contribution in [3.05, 3.63) is 119 Å². The van der Waals surface area contributed by atoms with E-state index in [0.29, 0.717) is 97.0 Å². The minimum absolute atomic E-state index is 0.210. The van der Waals surface area contributed by atoms with Gasteiger partial charge in [-0.3, -0.25) is 9.59 Å². The second-order valence-electron chi connectivity index (χ2n) is 13.2. The summed E-state index contributed by atoms with van der Waals surface area (Å²) in [7, 11) is 3.12. The van der Waals surface area contributed by atoms with Crippen LogP contribution in [0, 0.1) is 47.3 Å². The molecule has 0 aromatic heterocycles. The third-order valence-electron chi connectivity index (χ3n) is 9.56. The maximum absolute atomic E-state index is 11.9. The van der Waals surface area contributed by atoms with Crippen LogP contribution in [0.2, 0.25) is 0 Å². The summed E-state index contributed by atoms with van der Waals surface area (Å²) < 4.78 is 33.5. The standard InChI is InChI=1S/C48H48N2O8/c1-5-7-9-13-45(51)57-33-11-31-55-43-27-19-39(20-28-43)47(35-49,37-15-23-41(53-3)24-16-37)48(36-50,38-17-25-42(54-4)26-18-38)40-21-29-44(30-22-40)56-32-12-34-58-46(52)14-10-8-6-2/h1-2,15-30H,7-14,31-34H2,3-4H3. The van der Waals surface area contributed by atoms with E-state index in [1.807, 2.05) is 0 Å². The predicted octanol–water partition coefficient (Wildman–Crippen LogP) is 8.25. The molecule has 10 heteroatoms. The largest absolute Gasteiger partial charge is 0.497 e. The lowest BCUT2D eigenvalue weighted by Crippen LogP contribution is -2.49. The van der Waals surface area contributed by atoms with E-state index in [1.165, 1.54) is 0 Å². The van der Waals surface area contributed by atoms with Crippen LogP contribution in [0.15, 0.2) is 97.1 Å². The third kappa shape index (κ3) is 10.9. The molecule has 2 atom stereocenters. The number of benzene rings is 4. The Hall–Kier alpha value is -6.88. The SMILES string of the molecule is C#CCCCC(=O)OCCCOc1ccc(C(C#N)(c2ccc(OC)cc2)C(C#N)(c2ccc(OC)cc2)c2ccc(OCCCOC(=O)CCCC#C)cc2)cc1. The molecule has 58 heavy (non-hydrogen) atoms. The summed E-state index contributed by atoms with van der Waals surface area (Å²) in [4.78, 5) is 23.8. The van der Waals surface area contributed by atoms with Crippen LogP contribution in [-0.4, -0.2) is 52.6 Å². The summed E-state index contributed by atoms with van der Waals surface area (Å²) in [5, 5.41) is 23.2. The number of ether oxygens (including phenoxy) is 6. The van der Waals surface area contributed by atoms with E-state index in [4.69, 9.17) is 41.3 Å². The lowest BCUT2D eigenvalue weighted by molar-refractivity contribution is -0.144. The highest BCUT2D eigenvalue weighted by Crippen LogP contribution is 2.53. The van der Waals surface area contributed by atoms with Gasteiger partial charge in [-0.1, -0.05) is 48.5 Å². The van der Waals surface area contributed by atoms with Crippen LogP contribution < -0.4 is 18.9 Å². The Morgan fingerprint density at radius 1 is 0.500 bits per heavy atom. The number of terminal acetylenes is 2. The van der Waals surface area contributed by atoms with Gasteiger partial charge in [0.05, 0.1) is 52.8 Å². The van der Waals surface area contributed by atoms with E-state index >= 15 is 0 Å². The van der Waals surface area contributed by atoms with Crippen LogP contribution in [-0.2, 0) is 29.9 Å². The topological polar surface area (TPSA) is 137 Å². The molecule has 0 amide bonds. The number of unbranched alkanes of at least 4 members (excludes halogenated alkanes) is 2. The van der Waals surface area contributed by atoms with Crippen LogP contribution in [0.3, 0.4) is 0 Å². The molecule has 0 aliphatic rings. The fraction of sp³-hybridized carbons (Fsp3) is 0.333. The molecule has 4 aromatic carbocycles. The smallest absolute Gasteiger partial charge is 0.305 e. The molecule has 0 radical (unpaired) electrons. The first-order valence-corrected chi connectivity index (χ1v) is 19.1. The summed E-state index contributed by atoms with van der Waals surface area (Å²) in [6.45, 7) is 1.00. The number of hydrogen-bond donors (Lipinski definition) is 0. The first-order valence-electron chi connectivity index (χ1n) is 19.1. The monoisotopic (exact) mass is 780 g/mol. The molecule has 0 saturated carbocycles. The van der Waals surface area contributed by atoms with Gasteiger partial charge in [-0.2, -0.15) is 10.5 Å². The Bertz CT molecular complexity index is 1930. The number of methoxy groups -OCH3 is 2. The van der Waals surface area contributed by atoms with Crippen molar-refractivity contribution in [3.8, 4) is 59.8 Å². The van der Waals surface area contributed by atoms with E-state index in [1.54, 1.807) is 111 Å². The van der Waals surface area contributed by atoms with Crippen molar-refractivity contribution in [2.45, 2.75) is 62.2 Å². The quantitative estimate of drug-likeness (QED) is 0.0411. The first kappa shape index (κ1) is 43.8. The van der Waals surface area contributed by atoms with Gasteiger partial charge in [0.25, 0.3) is 0 Å². The van der Waals surface area contributed by atoms with E-state index in [9.17, 15) is 20.1 Å². The highest BCUT2D eigenvalue weighted by atomic mass is 16.5. The predicted molar refractivity (Wildman–Crippen MR) is 219 cm³/mol. The van der Waals surface area contributed by atoms with E-state index in [0.717, 1.165) is 0 Å². The number of esters is 2. The van der Waals surface area contributed by atoms with Crippen molar-refractivity contribution >= 4 is 11.9 Å². The minimum Gasteiger partial charge on any atom is -0.497 e. The second kappa shape index (κ2) is 22.6. The average molecular weight is 781 g/mol. The number of nitrogens with zero attached hydrogens (tertiary/aromatic N) is 2. The summed E-state index contributed by atoms with van der Waals surface area (Å²) >= 11 is 0. The maximum Gasteiger partial charge on any atom is 0.305 e. The molecular formula is C48H48N2O8. The number of hydrogen-bond acceptors (Lipinski definition) is 10. The van der Waals surface area contributed by atoms with E-state index in [-0.39, 0.29) is 38.0 Å². The lowest BCUT2D eigenvalue weighted by atomic mass is 9.53. The van der Waals surface area contributed by atoms with Gasteiger partial charge in [-0.25, -0.2) is 0 Å². The molecule has 0 saturated heterocycles. The van der Waals surface area contributed by atoms with Crippen molar-refractivity contribution in [2.24, 2.45) is 0 Å². The van der Waals surface area contributed by atoms with Crippen molar-refractivity contribution in [1.29, 1.82) is 10.5 Å². The molecule has 4 rings (SSSR count). The Morgan fingerprint density at radius 3 is 1.09 bits per heavy atom. The van der Waals surface area contributed by atoms with Gasteiger partial charge in [0.2, 0.25) is 0 Å². The Kier molecular flexibility index (Phi) is 17.1. The first-order chi connectivity index (χ1) is 28.3. The van der Waals surface area contributed by atoms with Gasteiger partial charge in [0, 0.05) is 38.5 Å². The van der Waals surface area contributed by atoms with Crippen molar-refractivity contribution in [1.82, 2.24) is 0 Å². The number of rotatable bonds is 23. The zero-order valence-corrected chi connectivity index (χ0v) is 33.0. The summed E-state index contributed by atoms with van der Waals surface area (Å²) in [5.41, 5.74) is -1.08. The number of carbonyl (C=O) groups excluding carboxylic acids is 2. The molecule has 0 N–H and O–H groups in total. The van der Waals surface area contributed by atoms with Crippen molar-refractivity contribution < 1.29 is 38.0 Å². The summed E-state index contributed by atoms with van der Waals surface area (Å²) in [6, 6.07) is 33.7. The number of carbonyl (C=O) groups is 2. The van der Waals surface area contributed by atoms with Crippen LogP contribution in [0.5, 0.6) is 23.0 Å². The Morgan fingerprint density at radius 2 is 0.810 bits per heavy atom. The van der Waals surface area contributed by atoms with Gasteiger partial charge in [0.1, 0.15) is 33.8 Å². The maximum atomic E-state index is 11.9.